The van der Waals surface area contributed by atoms with E-state index in [0.29, 0.717) is 27.7 Å². The quantitative estimate of drug-likeness (QED) is 0.490. The minimum absolute atomic E-state index is 0.318. The zero-order valence-electron chi connectivity index (χ0n) is 13.9. The van der Waals surface area contributed by atoms with Crippen molar-refractivity contribution in [1.29, 1.82) is 0 Å². The zero-order chi connectivity index (χ0) is 18.8. The van der Waals surface area contributed by atoms with E-state index in [1.165, 1.54) is 11.1 Å². The van der Waals surface area contributed by atoms with Crippen LogP contribution in [0.3, 0.4) is 0 Å². The Morgan fingerprint density at radius 2 is 1.74 bits per heavy atom. The number of halogens is 1. The van der Waals surface area contributed by atoms with Gasteiger partial charge in [-0.25, -0.2) is 9.78 Å². The van der Waals surface area contributed by atoms with Gasteiger partial charge in [0.05, 0.1) is 5.02 Å². The standard InChI is InChI=1S/C20H13ClN2O4/c21-13-10-11-17(22-12-13)23-18(24)15-8-4-5-9-16(15)19(23)27-20(25)26-14-6-2-1-3-7-14/h1-12,19H. The number of aromatic nitrogens is 1. The van der Waals surface area contributed by atoms with Crippen LogP contribution in [0.5, 0.6) is 5.75 Å². The summed E-state index contributed by atoms with van der Waals surface area (Å²) >= 11 is 5.88. The summed E-state index contributed by atoms with van der Waals surface area (Å²) in [5, 5.41) is 0.434. The van der Waals surface area contributed by atoms with Gasteiger partial charge in [-0.3, -0.25) is 9.69 Å². The molecule has 134 valence electrons. The first-order chi connectivity index (χ1) is 13.1. The molecule has 2 aromatic carbocycles. The molecule has 4 rings (SSSR count). The Morgan fingerprint density at radius 1 is 1.00 bits per heavy atom. The summed E-state index contributed by atoms with van der Waals surface area (Å²) in [6.45, 7) is 0. The first-order valence-electron chi connectivity index (χ1n) is 8.11. The molecule has 27 heavy (non-hydrogen) atoms. The van der Waals surface area contributed by atoms with E-state index in [2.05, 4.69) is 4.98 Å². The minimum Gasteiger partial charge on any atom is -0.405 e. The molecule has 0 radical (unpaired) electrons. The van der Waals surface area contributed by atoms with E-state index in [0.717, 1.165) is 0 Å². The zero-order valence-corrected chi connectivity index (χ0v) is 14.7. The highest BCUT2D eigenvalue weighted by Gasteiger charge is 2.41. The Labute approximate surface area is 159 Å². The third kappa shape index (κ3) is 3.35. The Balaban J connectivity index is 1.65. The van der Waals surface area contributed by atoms with Crippen LogP contribution in [0.1, 0.15) is 22.1 Å². The maximum Gasteiger partial charge on any atom is 0.516 e. The lowest BCUT2D eigenvalue weighted by molar-refractivity contribution is 0.0569. The van der Waals surface area contributed by atoms with Crippen molar-refractivity contribution in [3.63, 3.8) is 0 Å². The Bertz CT molecular complexity index is 992. The van der Waals surface area contributed by atoms with Crippen molar-refractivity contribution in [2.75, 3.05) is 4.90 Å². The summed E-state index contributed by atoms with van der Waals surface area (Å²) in [7, 11) is 0. The molecule has 0 saturated heterocycles. The number of anilines is 1. The molecule has 1 amide bonds. The van der Waals surface area contributed by atoms with E-state index in [1.807, 2.05) is 0 Å². The molecule has 3 aromatic rings. The van der Waals surface area contributed by atoms with Gasteiger partial charge < -0.3 is 9.47 Å². The van der Waals surface area contributed by atoms with Crippen molar-refractivity contribution < 1.29 is 19.1 Å². The Hall–Kier alpha value is -3.38. The maximum absolute atomic E-state index is 12.9. The predicted molar refractivity (Wildman–Crippen MR) is 98.8 cm³/mol. The third-order valence-corrected chi connectivity index (χ3v) is 4.24. The average Bonchev–Trinajstić information content (AvgIpc) is 2.96. The number of ether oxygens (including phenoxy) is 2. The second-order valence-electron chi connectivity index (χ2n) is 5.73. The van der Waals surface area contributed by atoms with Crippen molar-refractivity contribution >= 4 is 29.5 Å². The van der Waals surface area contributed by atoms with Crippen molar-refractivity contribution in [3.05, 3.63) is 89.1 Å². The number of nitrogens with zero attached hydrogens (tertiary/aromatic N) is 2. The largest absolute Gasteiger partial charge is 0.516 e. The summed E-state index contributed by atoms with van der Waals surface area (Å²) in [6, 6.07) is 18.7. The average molecular weight is 381 g/mol. The lowest BCUT2D eigenvalue weighted by Crippen LogP contribution is -2.32. The van der Waals surface area contributed by atoms with Crippen LogP contribution in [0.25, 0.3) is 0 Å². The van der Waals surface area contributed by atoms with Gasteiger partial charge in [0, 0.05) is 17.3 Å². The van der Waals surface area contributed by atoms with E-state index >= 15 is 0 Å². The number of carbonyl (C=O) groups excluding carboxylic acids is 2. The van der Waals surface area contributed by atoms with Crippen LogP contribution in [0, 0.1) is 0 Å². The van der Waals surface area contributed by atoms with E-state index in [-0.39, 0.29) is 5.91 Å². The summed E-state index contributed by atoms with van der Waals surface area (Å²) in [5.74, 6) is 0.340. The van der Waals surface area contributed by atoms with Gasteiger partial charge in [0.2, 0.25) is 6.23 Å². The molecule has 0 aliphatic carbocycles. The van der Waals surface area contributed by atoms with Gasteiger partial charge in [-0.15, -0.1) is 0 Å². The van der Waals surface area contributed by atoms with Crippen LogP contribution in [0.4, 0.5) is 10.6 Å². The van der Waals surface area contributed by atoms with Gasteiger partial charge >= 0.3 is 6.16 Å². The summed E-state index contributed by atoms with van der Waals surface area (Å²) in [6.07, 6.45) is -0.486. The topological polar surface area (TPSA) is 68.7 Å². The molecule has 1 atom stereocenters. The lowest BCUT2D eigenvalue weighted by atomic mass is 10.1. The highest BCUT2D eigenvalue weighted by atomic mass is 35.5. The molecule has 0 saturated carbocycles. The number of para-hydroxylation sites is 1. The van der Waals surface area contributed by atoms with Gasteiger partial charge in [0.1, 0.15) is 11.6 Å². The fourth-order valence-corrected chi connectivity index (χ4v) is 2.95. The summed E-state index contributed by atoms with van der Waals surface area (Å²) in [4.78, 5) is 30.6. The van der Waals surface area contributed by atoms with Crippen LogP contribution < -0.4 is 9.64 Å². The normalized spacial score (nSPS) is 15.4. The van der Waals surface area contributed by atoms with Gasteiger partial charge in [0.15, 0.2) is 0 Å². The molecule has 7 heteroatoms. The molecular weight excluding hydrogens is 368 g/mol. The highest BCUT2D eigenvalue weighted by Crippen LogP contribution is 2.37. The number of rotatable bonds is 3. The Kier molecular flexibility index (Phi) is 4.48. The number of hydrogen-bond donors (Lipinski definition) is 0. The number of benzene rings is 2. The van der Waals surface area contributed by atoms with Crippen LogP contribution in [0.15, 0.2) is 72.9 Å². The number of amides is 1. The van der Waals surface area contributed by atoms with Crippen molar-refractivity contribution in [2.24, 2.45) is 0 Å². The second kappa shape index (κ2) is 7.09. The van der Waals surface area contributed by atoms with Crippen LogP contribution in [-0.2, 0) is 4.74 Å². The van der Waals surface area contributed by atoms with Crippen LogP contribution >= 0.6 is 11.6 Å². The highest BCUT2D eigenvalue weighted by molar-refractivity contribution is 6.30. The molecule has 2 heterocycles. The summed E-state index contributed by atoms with van der Waals surface area (Å²) in [5.41, 5.74) is 0.996. The molecule has 1 aliphatic heterocycles. The molecule has 0 bridgehead atoms. The molecule has 0 N–H and O–H groups in total. The SMILES string of the molecule is O=C(Oc1ccccc1)OC1c2ccccc2C(=O)N1c1ccc(Cl)cn1. The molecule has 6 nitrogen and oxygen atoms in total. The summed E-state index contributed by atoms with van der Waals surface area (Å²) < 4.78 is 10.7. The maximum atomic E-state index is 12.9. The first-order valence-corrected chi connectivity index (χ1v) is 8.49. The predicted octanol–water partition coefficient (Wildman–Crippen LogP) is 4.61. The van der Waals surface area contributed by atoms with Gasteiger partial charge in [0.25, 0.3) is 5.91 Å². The monoisotopic (exact) mass is 380 g/mol. The van der Waals surface area contributed by atoms with E-state index in [1.54, 1.807) is 66.7 Å². The molecule has 1 aliphatic rings. The van der Waals surface area contributed by atoms with Crippen molar-refractivity contribution in [2.45, 2.75) is 6.23 Å². The number of fused-ring (bicyclic) bond motifs is 1. The smallest absolute Gasteiger partial charge is 0.405 e. The number of hydrogen-bond acceptors (Lipinski definition) is 5. The van der Waals surface area contributed by atoms with Gasteiger partial charge in [-0.1, -0.05) is 48.0 Å². The number of pyridine rings is 1. The fraction of sp³-hybridized carbons (Fsp3) is 0.0500. The van der Waals surface area contributed by atoms with Gasteiger partial charge in [-0.05, 0) is 30.3 Å². The molecule has 0 spiro atoms. The second-order valence-corrected chi connectivity index (χ2v) is 6.17. The fourth-order valence-electron chi connectivity index (χ4n) is 2.83. The lowest BCUT2D eigenvalue weighted by Gasteiger charge is -2.23. The van der Waals surface area contributed by atoms with E-state index in [9.17, 15) is 9.59 Å². The van der Waals surface area contributed by atoms with Gasteiger partial charge in [-0.2, -0.15) is 0 Å². The molecule has 1 aromatic heterocycles. The van der Waals surface area contributed by atoms with Crippen LogP contribution in [-0.4, -0.2) is 17.0 Å². The minimum atomic E-state index is -0.987. The third-order valence-electron chi connectivity index (χ3n) is 4.02. The van der Waals surface area contributed by atoms with Crippen molar-refractivity contribution in [1.82, 2.24) is 4.98 Å². The number of carbonyl (C=O) groups is 2. The molecule has 0 fully saturated rings. The van der Waals surface area contributed by atoms with Crippen LogP contribution in [0.2, 0.25) is 5.02 Å². The van der Waals surface area contributed by atoms with Crippen molar-refractivity contribution in [3.8, 4) is 5.75 Å². The van der Waals surface area contributed by atoms with E-state index < -0.39 is 12.4 Å². The van der Waals surface area contributed by atoms with E-state index in [4.69, 9.17) is 21.1 Å². The first kappa shape index (κ1) is 17.1. The molecular formula is C20H13ClN2O4. The Morgan fingerprint density at radius 3 is 2.48 bits per heavy atom. The molecule has 1 unspecified atom stereocenters.